The fourth-order valence-electron chi connectivity index (χ4n) is 2.23. The number of hydrogen-bond donors (Lipinski definition) is 1. The fraction of sp³-hybridized carbons (Fsp3) is 0.571. The van der Waals surface area contributed by atoms with Crippen LogP contribution in [-0.2, 0) is 16.5 Å². The molecule has 21 heavy (non-hydrogen) atoms. The molecule has 0 bridgehead atoms. The second kappa shape index (κ2) is 8.67. The Balaban J connectivity index is 2.45. The highest BCUT2D eigenvalue weighted by molar-refractivity contribution is 7.85. The van der Waals surface area contributed by atoms with Gasteiger partial charge in [-0.1, -0.05) is 42.1 Å². The van der Waals surface area contributed by atoms with Crippen LogP contribution in [0.4, 0.5) is 0 Å². The minimum Gasteiger partial charge on any atom is -0.282 e. The predicted molar refractivity (Wildman–Crippen MR) is 81.8 cm³/mol. The number of hydrogen-bond acceptors (Lipinski definition) is 3. The maximum Gasteiger partial charge on any atom is 0.294 e. The molecule has 1 aromatic rings. The molecule has 0 radical (unpaired) electrons. The normalized spacial score (nSPS) is 11.1. The number of unbranched alkanes of at least 4 members (excludes halogenated alkanes) is 4. The second-order valence-electron chi connectivity index (χ2n) is 5.06. The molecule has 1 aromatic carbocycles. The van der Waals surface area contributed by atoms with Crippen LogP contribution in [0.5, 0.6) is 0 Å². The smallest absolute Gasteiger partial charge is 0.282 e. The van der Waals surface area contributed by atoms with Gasteiger partial charge in [0, 0.05) is 11.5 Å². The highest BCUT2D eigenvalue weighted by Gasteiger charge is 2.14. The lowest BCUT2D eigenvalue weighted by atomic mass is 10.0. The molecule has 0 amide bonds. The first-order valence-electron chi connectivity index (χ1n) is 7.03. The van der Waals surface area contributed by atoms with E-state index >= 15 is 0 Å². The molecule has 0 heterocycles. The van der Waals surface area contributed by atoms with Gasteiger partial charge in [-0.05, 0) is 43.3 Å². The summed E-state index contributed by atoms with van der Waals surface area (Å²) in [5, 5.41) is 3.47. The zero-order chi connectivity index (χ0) is 15.7. The monoisotopic (exact) mass is 311 g/mol. The maximum absolute atomic E-state index is 11.3. The van der Waals surface area contributed by atoms with Crippen LogP contribution in [0.15, 0.2) is 28.2 Å². The third-order valence-electron chi connectivity index (χ3n) is 3.26. The van der Waals surface area contributed by atoms with E-state index in [1.807, 2.05) is 13.0 Å². The Morgan fingerprint density at radius 2 is 1.86 bits per heavy atom. The summed E-state index contributed by atoms with van der Waals surface area (Å²) >= 11 is 0. The lowest BCUT2D eigenvalue weighted by Crippen LogP contribution is -2.03. The first kappa shape index (κ1) is 17.5. The average Bonchev–Trinajstić information content (AvgIpc) is 2.40. The molecule has 0 saturated carbocycles. The van der Waals surface area contributed by atoms with Crippen LogP contribution >= 0.6 is 0 Å². The summed E-state index contributed by atoms with van der Waals surface area (Å²) in [4.78, 5) is 2.71. The van der Waals surface area contributed by atoms with Crippen molar-refractivity contribution in [1.82, 2.24) is 0 Å². The Morgan fingerprint density at radius 3 is 2.52 bits per heavy atom. The molecule has 0 fully saturated rings. The Bertz CT molecular complexity index is 608. The Labute approximate surface area is 125 Å². The third kappa shape index (κ3) is 6.62. The molecule has 0 aliphatic rings. The summed E-state index contributed by atoms with van der Waals surface area (Å²) in [5.74, 6) is 0. The first-order chi connectivity index (χ1) is 9.95. The summed E-state index contributed by atoms with van der Waals surface area (Å²) in [7, 11) is -4.15. The topological polar surface area (TPSA) is 103 Å². The molecule has 6 nitrogen and oxygen atoms in total. The summed E-state index contributed by atoms with van der Waals surface area (Å²) in [6.07, 6.45) is 5.38. The minimum absolute atomic E-state index is 0.0106. The second-order valence-corrected chi connectivity index (χ2v) is 6.45. The molecule has 0 aromatic heterocycles. The largest absolute Gasteiger partial charge is 0.294 e. The molecule has 0 unspecified atom stereocenters. The fourth-order valence-corrected chi connectivity index (χ4v) is 2.96. The number of nitrogens with zero attached hydrogens (tertiary/aromatic N) is 3. The standard InChI is InChI=1S/C14H21N3O3S/c1-12-8-9-14(21(18,19)20)13(11-12)7-5-3-2-4-6-10-16-17-15/h8-9,11H,2-7,10H2,1H3,(H,18,19,20). The molecule has 0 aliphatic heterocycles. The molecular weight excluding hydrogens is 290 g/mol. The van der Waals surface area contributed by atoms with Gasteiger partial charge in [-0.2, -0.15) is 8.42 Å². The van der Waals surface area contributed by atoms with Crippen molar-refractivity contribution in [3.8, 4) is 0 Å². The molecule has 0 aliphatic carbocycles. The Morgan fingerprint density at radius 1 is 1.19 bits per heavy atom. The zero-order valence-electron chi connectivity index (χ0n) is 12.2. The highest BCUT2D eigenvalue weighted by atomic mass is 32.2. The Kier molecular flexibility index (Phi) is 7.22. The average molecular weight is 311 g/mol. The van der Waals surface area contributed by atoms with Crippen LogP contribution in [0, 0.1) is 6.92 Å². The van der Waals surface area contributed by atoms with Crippen molar-refractivity contribution >= 4 is 10.1 Å². The molecular formula is C14H21N3O3S. The van der Waals surface area contributed by atoms with Gasteiger partial charge in [0.2, 0.25) is 0 Å². The summed E-state index contributed by atoms with van der Waals surface area (Å²) in [6.45, 7) is 2.42. The van der Waals surface area contributed by atoms with E-state index in [0.29, 0.717) is 18.5 Å². The maximum atomic E-state index is 11.3. The predicted octanol–water partition coefficient (Wildman–Crippen LogP) is 4.05. The van der Waals surface area contributed by atoms with Gasteiger partial charge in [-0.25, -0.2) is 0 Å². The van der Waals surface area contributed by atoms with Gasteiger partial charge in [0.1, 0.15) is 0 Å². The van der Waals surface area contributed by atoms with Crippen molar-refractivity contribution in [3.63, 3.8) is 0 Å². The van der Waals surface area contributed by atoms with Gasteiger partial charge in [-0.15, -0.1) is 0 Å². The molecule has 0 saturated heterocycles. The zero-order valence-corrected chi connectivity index (χ0v) is 13.0. The van der Waals surface area contributed by atoms with E-state index in [0.717, 1.165) is 37.7 Å². The Hall–Kier alpha value is -1.56. The van der Waals surface area contributed by atoms with Crippen LogP contribution in [0.1, 0.15) is 43.2 Å². The van der Waals surface area contributed by atoms with Crippen LogP contribution in [0.25, 0.3) is 10.4 Å². The molecule has 0 spiro atoms. The van der Waals surface area contributed by atoms with E-state index in [2.05, 4.69) is 10.0 Å². The SMILES string of the molecule is Cc1ccc(S(=O)(=O)O)c(CCCCCCCN=[N+]=[N-])c1. The van der Waals surface area contributed by atoms with E-state index in [1.54, 1.807) is 6.07 Å². The van der Waals surface area contributed by atoms with Crippen molar-refractivity contribution < 1.29 is 13.0 Å². The number of rotatable bonds is 9. The lowest BCUT2D eigenvalue weighted by Gasteiger charge is -2.08. The lowest BCUT2D eigenvalue weighted by molar-refractivity contribution is 0.481. The summed E-state index contributed by atoms with van der Waals surface area (Å²) in [6, 6.07) is 4.95. The van der Waals surface area contributed by atoms with Crippen LogP contribution in [0.2, 0.25) is 0 Å². The van der Waals surface area contributed by atoms with Crippen molar-refractivity contribution in [3.05, 3.63) is 39.8 Å². The van der Waals surface area contributed by atoms with Gasteiger partial charge in [0.15, 0.2) is 0 Å². The summed E-state index contributed by atoms with van der Waals surface area (Å²) in [5.41, 5.74) is 9.79. The van der Waals surface area contributed by atoms with Crippen LogP contribution in [-0.4, -0.2) is 19.5 Å². The van der Waals surface area contributed by atoms with Gasteiger partial charge in [0.25, 0.3) is 10.1 Å². The number of azide groups is 1. The first-order valence-corrected chi connectivity index (χ1v) is 8.47. The summed E-state index contributed by atoms with van der Waals surface area (Å²) < 4.78 is 31.8. The van der Waals surface area contributed by atoms with Crippen LogP contribution in [0.3, 0.4) is 0 Å². The van der Waals surface area contributed by atoms with Crippen molar-refractivity contribution in [2.45, 2.75) is 50.3 Å². The quantitative estimate of drug-likeness (QED) is 0.244. The molecule has 7 heteroatoms. The highest BCUT2D eigenvalue weighted by Crippen LogP contribution is 2.20. The van der Waals surface area contributed by atoms with Crippen molar-refractivity contribution in [1.29, 1.82) is 0 Å². The van der Waals surface area contributed by atoms with Gasteiger partial charge in [-0.3, -0.25) is 4.55 Å². The molecule has 1 rings (SSSR count). The van der Waals surface area contributed by atoms with E-state index in [9.17, 15) is 13.0 Å². The van der Waals surface area contributed by atoms with E-state index in [4.69, 9.17) is 5.53 Å². The van der Waals surface area contributed by atoms with Gasteiger partial charge in [0.05, 0.1) is 4.90 Å². The molecule has 0 atom stereocenters. The minimum atomic E-state index is -4.15. The number of benzene rings is 1. The van der Waals surface area contributed by atoms with Crippen molar-refractivity contribution in [2.75, 3.05) is 6.54 Å². The van der Waals surface area contributed by atoms with E-state index < -0.39 is 10.1 Å². The van der Waals surface area contributed by atoms with Crippen LogP contribution < -0.4 is 0 Å². The van der Waals surface area contributed by atoms with E-state index in [1.165, 1.54) is 6.07 Å². The van der Waals surface area contributed by atoms with Gasteiger partial charge < -0.3 is 0 Å². The van der Waals surface area contributed by atoms with Gasteiger partial charge >= 0.3 is 0 Å². The van der Waals surface area contributed by atoms with Crippen molar-refractivity contribution in [2.24, 2.45) is 5.11 Å². The number of aryl methyl sites for hydroxylation is 2. The molecule has 116 valence electrons. The van der Waals surface area contributed by atoms with E-state index in [-0.39, 0.29) is 4.90 Å². The third-order valence-corrected chi connectivity index (χ3v) is 4.22. The molecule has 1 N–H and O–H groups in total.